The van der Waals surface area contributed by atoms with E-state index in [1.807, 2.05) is 0 Å². The molecule has 2 heterocycles. The topological polar surface area (TPSA) is 49.9 Å². The van der Waals surface area contributed by atoms with Crippen LogP contribution in [0.2, 0.25) is 0 Å². The molecule has 0 aromatic heterocycles. The number of piperidine rings is 1. The third-order valence-electron chi connectivity index (χ3n) is 3.46. The fourth-order valence-corrected chi connectivity index (χ4v) is 2.44. The number of nitrogens with zero attached hydrogens (tertiary/aromatic N) is 2. The molecule has 0 saturated carbocycles. The maximum atomic E-state index is 12.2. The predicted molar refractivity (Wildman–Crippen MR) is 61.9 cm³/mol. The van der Waals surface area contributed by atoms with Crippen LogP contribution in [0.1, 0.15) is 32.6 Å². The van der Waals surface area contributed by atoms with Crippen LogP contribution in [-0.4, -0.2) is 48.0 Å². The van der Waals surface area contributed by atoms with Gasteiger partial charge in [-0.2, -0.15) is 0 Å². The smallest absolute Gasteiger partial charge is 0.251 e. The first-order chi connectivity index (χ1) is 8.18. The van der Waals surface area contributed by atoms with Gasteiger partial charge in [0, 0.05) is 26.6 Å². The van der Waals surface area contributed by atoms with Gasteiger partial charge >= 0.3 is 0 Å². The Kier molecular flexibility index (Phi) is 3.99. The zero-order valence-corrected chi connectivity index (χ0v) is 10.4. The number of amides is 2. The van der Waals surface area contributed by atoms with E-state index < -0.39 is 0 Å². The van der Waals surface area contributed by atoms with Gasteiger partial charge in [-0.25, -0.2) is 5.06 Å². The Morgan fingerprint density at radius 2 is 2.00 bits per heavy atom. The van der Waals surface area contributed by atoms with Gasteiger partial charge in [-0.3, -0.25) is 14.4 Å². The van der Waals surface area contributed by atoms with Crippen molar-refractivity contribution in [3.05, 3.63) is 0 Å². The highest BCUT2D eigenvalue weighted by atomic mass is 16.7. The molecule has 1 unspecified atom stereocenters. The lowest BCUT2D eigenvalue weighted by molar-refractivity contribution is -0.202. The summed E-state index contributed by atoms with van der Waals surface area (Å²) in [5, 5.41) is 1.50. The molecule has 2 rings (SSSR count). The molecule has 17 heavy (non-hydrogen) atoms. The van der Waals surface area contributed by atoms with Crippen molar-refractivity contribution in [2.75, 3.05) is 26.2 Å². The number of rotatable bonds is 1. The first-order valence-corrected chi connectivity index (χ1v) is 6.38. The Balaban J connectivity index is 1.91. The zero-order valence-electron chi connectivity index (χ0n) is 10.4. The molecule has 0 N–H and O–H groups in total. The third-order valence-corrected chi connectivity index (χ3v) is 3.46. The van der Waals surface area contributed by atoms with Crippen molar-refractivity contribution < 1.29 is 14.4 Å². The molecule has 2 fully saturated rings. The SMILES string of the molecule is CC(=O)N1CCCC(C(=O)N2CCCCO2)C1. The lowest BCUT2D eigenvalue weighted by Crippen LogP contribution is -2.47. The van der Waals surface area contributed by atoms with E-state index in [1.54, 1.807) is 11.8 Å². The lowest BCUT2D eigenvalue weighted by atomic mass is 9.97. The van der Waals surface area contributed by atoms with Crippen molar-refractivity contribution >= 4 is 11.8 Å². The Morgan fingerprint density at radius 1 is 1.18 bits per heavy atom. The van der Waals surface area contributed by atoms with Gasteiger partial charge in [0.1, 0.15) is 0 Å². The van der Waals surface area contributed by atoms with Crippen LogP contribution in [-0.2, 0) is 14.4 Å². The van der Waals surface area contributed by atoms with E-state index in [4.69, 9.17) is 4.84 Å². The first-order valence-electron chi connectivity index (χ1n) is 6.38. The quantitative estimate of drug-likeness (QED) is 0.681. The monoisotopic (exact) mass is 240 g/mol. The summed E-state index contributed by atoms with van der Waals surface area (Å²) in [6.07, 6.45) is 3.80. The molecule has 2 aliphatic heterocycles. The standard InChI is InChI=1S/C12H20N2O3/c1-10(15)13-6-4-5-11(9-13)12(16)14-7-2-3-8-17-14/h11H,2-9H2,1H3. The van der Waals surface area contributed by atoms with E-state index >= 15 is 0 Å². The number of carbonyl (C=O) groups is 2. The Bertz CT molecular complexity index is 300. The van der Waals surface area contributed by atoms with Crippen molar-refractivity contribution in [2.45, 2.75) is 32.6 Å². The van der Waals surface area contributed by atoms with Gasteiger partial charge < -0.3 is 4.90 Å². The van der Waals surface area contributed by atoms with Crippen LogP contribution in [0.15, 0.2) is 0 Å². The Morgan fingerprint density at radius 3 is 2.65 bits per heavy atom. The van der Waals surface area contributed by atoms with Crippen molar-refractivity contribution in [1.82, 2.24) is 9.96 Å². The maximum absolute atomic E-state index is 12.2. The van der Waals surface area contributed by atoms with Crippen molar-refractivity contribution in [1.29, 1.82) is 0 Å². The molecular formula is C12H20N2O3. The molecule has 0 aromatic carbocycles. The van der Waals surface area contributed by atoms with E-state index in [0.29, 0.717) is 19.7 Å². The molecule has 2 aliphatic rings. The second-order valence-corrected chi connectivity index (χ2v) is 4.78. The molecule has 0 bridgehead atoms. The molecule has 0 aliphatic carbocycles. The maximum Gasteiger partial charge on any atom is 0.251 e. The number of hydroxylamine groups is 2. The molecule has 0 spiro atoms. The van der Waals surface area contributed by atoms with Gasteiger partial charge in [-0.15, -0.1) is 0 Å². The van der Waals surface area contributed by atoms with E-state index in [0.717, 1.165) is 32.2 Å². The molecule has 5 heteroatoms. The summed E-state index contributed by atoms with van der Waals surface area (Å²) in [5.41, 5.74) is 0. The highest BCUT2D eigenvalue weighted by molar-refractivity contribution is 5.80. The number of likely N-dealkylation sites (tertiary alicyclic amines) is 1. The molecule has 0 aromatic rings. The lowest BCUT2D eigenvalue weighted by Gasteiger charge is -2.35. The number of hydrogen-bond acceptors (Lipinski definition) is 3. The van der Waals surface area contributed by atoms with Crippen LogP contribution in [0.3, 0.4) is 0 Å². The van der Waals surface area contributed by atoms with Gasteiger partial charge in [-0.05, 0) is 25.7 Å². The van der Waals surface area contributed by atoms with E-state index in [-0.39, 0.29) is 17.7 Å². The van der Waals surface area contributed by atoms with E-state index in [2.05, 4.69) is 0 Å². The van der Waals surface area contributed by atoms with Crippen LogP contribution >= 0.6 is 0 Å². The second-order valence-electron chi connectivity index (χ2n) is 4.78. The van der Waals surface area contributed by atoms with Crippen LogP contribution in [0.25, 0.3) is 0 Å². The summed E-state index contributed by atoms with van der Waals surface area (Å²) in [6, 6.07) is 0. The van der Waals surface area contributed by atoms with Crippen LogP contribution in [0, 0.1) is 5.92 Å². The Labute approximate surface area is 102 Å². The summed E-state index contributed by atoms with van der Waals surface area (Å²) < 4.78 is 0. The average molecular weight is 240 g/mol. The fraction of sp³-hybridized carbons (Fsp3) is 0.833. The third kappa shape index (κ3) is 2.97. The number of hydrogen-bond donors (Lipinski definition) is 0. The van der Waals surface area contributed by atoms with Gasteiger partial charge in [-0.1, -0.05) is 0 Å². The molecule has 2 amide bonds. The average Bonchev–Trinajstić information content (AvgIpc) is 2.39. The normalized spacial score (nSPS) is 25.8. The minimum absolute atomic E-state index is 0.0515. The van der Waals surface area contributed by atoms with Crippen molar-refractivity contribution in [2.24, 2.45) is 5.92 Å². The van der Waals surface area contributed by atoms with Crippen LogP contribution in [0.4, 0.5) is 0 Å². The summed E-state index contributed by atoms with van der Waals surface area (Å²) in [7, 11) is 0. The fourth-order valence-electron chi connectivity index (χ4n) is 2.44. The molecule has 2 saturated heterocycles. The summed E-state index contributed by atoms with van der Waals surface area (Å²) in [6.45, 7) is 4.21. The van der Waals surface area contributed by atoms with Gasteiger partial charge in [0.2, 0.25) is 5.91 Å². The largest absolute Gasteiger partial charge is 0.342 e. The highest BCUT2D eigenvalue weighted by Crippen LogP contribution is 2.20. The Hall–Kier alpha value is -1.10. The highest BCUT2D eigenvalue weighted by Gasteiger charge is 2.31. The van der Waals surface area contributed by atoms with E-state index in [9.17, 15) is 9.59 Å². The molecule has 5 nitrogen and oxygen atoms in total. The van der Waals surface area contributed by atoms with Gasteiger partial charge in [0.05, 0.1) is 12.5 Å². The predicted octanol–water partition coefficient (Wildman–Crippen LogP) is 0.799. The molecule has 1 atom stereocenters. The number of carbonyl (C=O) groups excluding carboxylic acids is 2. The molecule has 0 radical (unpaired) electrons. The first kappa shape index (κ1) is 12.4. The molecule has 96 valence electrons. The van der Waals surface area contributed by atoms with E-state index in [1.165, 1.54) is 5.06 Å². The second kappa shape index (κ2) is 5.49. The van der Waals surface area contributed by atoms with Crippen LogP contribution in [0.5, 0.6) is 0 Å². The van der Waals surface area contributed by atoms with Gasteiger partial charge in [0.15, 0.2) is 0 Å². The minimum Gasteiger partial charge on any atom is -0.342 e. The van der Waals surface area contributed by atoms with Crippen LogP contribution < -0.4 is 0 Å². The summed E-state index contributed by atoms with van der Waals surface area (Å²) in [4.78, 5) is 30.6. The zero-order chi connectivity index (χ0) is 12.3. The van der Waals surface area contributed by atoms with Crippen molar-refractivity contribution in [3.8, 4) is 0 Å². The minimum atomic E-state index is -0.0780. The summed E-state index contributed by atoms with van der Waals surface area (Å²) >= 11 is 0. The van der Waals surface area contributed by atoms with Gasteiger partial charge in [0.25, 0.3) is 5.91 Å². The van der Waals surface area contributed by atoms with Crippen molar-refractivity contribution in [3.63, 3.8) is 0 Å². The summed E-state index contributed by atoms with van der Waals surface area (Å²) in [5.74, 6) is 0.0310. The molecular weight excluding hydrogens is 220 g/mol.